The Bertz CT molecular complexity index is 776. The smallest absolute Gasteiger partial charge is 0.241 e. The Morgan fingerprint density at radius 2 is 2.00 bits per heavy atom. The number of nitrogens with one attached hydrogen (secondary N) is 1. The van der Waals surface area contributed by atoms with Gasteiger partial charge in [-0.25, -0.2) is 22.5 Å². The van der Waals surface area contributed by atoms with Gasteiger partial charge in [0.15, 0.2) is 0 Å². The van der Waals surface area contributed by atoms with Gasteiger partial charge in [0.1, 0.15) is 11.6 Å². The third-order valence-electron chi connectivity index (χ3n) is 3.18. The van der Waals surface area contributed by atoms with Gasteiger partial charge in [-0.3, -0.25) is 0 Å². The number of rotatable bonds is 5. The fourth-order valence-corrected chi connectivity index (χ4v) is 3.35. The van der Waals surface area contributed by atoms with Crippen molar-refractivity contribution in [1.82, 2.24) is 9.71 Å². The predicted octanol–water partition coefficient (Wildman–Crippen LogP) is 2.07. The van der Waals surface area contributed by atoms with E-state index < -0.39 is 15.8 Å². The number of aryl methyl sites for hydroxylation is 1. The van der Waals surface area contributed by atoms with Crippen molar-refractivity contribution in [2.45, 2.75) is 18.4 Å². The Labute approximate surface area is 129 Å². The van der Waals surface area contributed by atoms with Crippen LogP contribution in [0.2, 0.25) is 0 Å². The summed E-state index contributed by atoms with van der Waals surface area (Å²) in [6.07, 6.45) is 1.64. The fourth-order valence-electron chi connectivity index (χ4n) is 2.08. The molecule has 2 aromatic rings. The summed E-state index contributed by atoms with van der Waals surface area (Å²) in [5, 5.41) is 0. The first-order valence-corrected chi connectivity index (χ1v) is 8.16. The van der Waals surface area contributed by atoms with Crippen LogP contribution in [0.4, 0.5) is 10.2 Å². The summed E-state index contributed by atoms with van der Waals surface area (Å²) in [4.78, 5) is 5.96. The largest absolute Gasteiger partial charge is 0.362 e. The lowest BCUT2D eigenvalue weighted by atomic mass is 10.2. The number of hydrogen-bond acceptors (Lipinski definition) is 4. The zero-order valence-electron chi connectivity index (χ0n) is 12.7. The van der Waals surface area contributed by atoms with Gasteiger partial charge in [-0.1, -0.05) is 12.1 Å². The van der Waals surface area contributed by atoms with E-state index in [-0.39, 0.29) is 11.4 Å². The number of anilines is 1. The number of sulfonamides is 1. The van der Waals surface area contributed by atoms with E-state index in [2.05, 4.69) is 9.71 Å². The molecule has 0 bridgehead atoms. The second kappa shape index (κ2) is 6.41. The van der Waals surface area contributed by atoms with E-state index in [4.69, 9.17) is 0 Å². The van der Waals surface area contributed by atoms with Crippen LogP contribution in [0.1, 0.15) is 11.1 Å². The van der Waals surface area contributed by atoms with Crippen LogP contribution in [0.5, 0.6) is 0 Å². The van der Waals surface area contributed by atoms with Crippen molar-refractivity contribution in [2.75, 3.05) is 19.0 Å². The van der Waals surface area contributed by atoms with Crippen LogP contribution in [0.25, 0.3) is 0 Å². The Morgan fingerprint density at radius 3 is 2.68 bits per heavy atom. The molecule has 2 rings (SSSR count). The van der Waals surface area contributed by atoms with Crippen molar-refractivity contribution in [3.63, 3.8) is 0 Å². The van der Waals surface area contributed by atoms with Crippen LogP contribution in [-0.4, -0.2) is 27.5 Å². The molecule has 1 heterocycles. The van der Waals surface area contributed by atoms with Crippen molar-refractivity contribution in [1.29, 1.82) is 0 Å². The number of benzene rings is 1. The van der Waals surface area contributed by atoms with E-state index in [0.717, 1.165) is 11.6 Å². The van der Waals surface area contributed by atoms with E-state index in [1.807, 2.05) is 14.1 Å². The molecule has 0 amide bonds. The average molecular weight is 323 g/mol. The topological polar surface area (TPSA) is 62.3 Å². The van der Waals surface area contributed by atoms with E-state index in [1.165, 1.54) is 12.1 Å². The maximum absolute atomic E-state index is 13.3. The van der Waals surface area contributed by atoms with Crippen LogP contribution >= 0.6 is 0 Å². The molecular weight excluding hydrogens is 305 g/mol. The number of hydrogen-bond donors (Lipinski definition) is 1. The van der Waals surface area contributed by atoms with Crippen molar-refractivity contribution in [3.05, 3.63) is 53.5 Å². The van der Waals surface area contributed by atoms with E-state index in [9.17, 15) is 12.8 Å². The molecule has 5 nitrogen and oxygen atoms in total. The lowest BCUT2D eigenvalue weighted by molar-refractivity contribution is 0.576. The number of aromatic nitrogens is 1. The molecule has 0 aliphatic carbocycles. The maximum atomic E-state index is 13.3. The highest BCUT2D eigenvalue weighted by Gasteiger charge is 2.18. The van der Waals surface area contributed by atoms with Crippen molar-refractivity contribution >= 4 is 15.8 Å². The van der Waals surface area contributed by atoms with Gasteiger partial charge in [0.2, 0.25) is 10.0 Å². The van der Waals surface area contributed by atoms with Gasteiger partial charge in [0.05, 0.1) is 4.90 Å². The maximum Gasteiger partial charge on any atom is 0.241 e. The Kier molecular flexibility index (Phi) is 4.77. The number of nitrogens with zero attached hydrogens (tertiary/aromatic N) is 2. The monoisotopic (exact) mass is 323 g/mol. The van der Waals surface area contributed by atoms with Crippen LogP contribution in [0.3, 0.4) is 0 Å². The first-order valence-electron chi connectivity index (χ1n) is 6.68. The van der Waals surface area contributed by atoms with Crippen molar-refractivity contribution in [2.24, 2.45) is 0 Å². The summed E-state index contributed by atoms with van der Waals surface area (Å²) < 4.78 is 40.5. The molecule has 1 N–H and O–H groups in total. The molecule has 0 aliphatic rings. The molecular formula is C15H18FN3O2S. The lowest BCUT2D eigenvalue weighted by Gasteiger charge is -2.16. The standard InChI is InChI=1S/C15H18FN3O2S/c1-11-6-7-13(16)9-14(11)22(20,21)18-10-12-5-4-8-17-15(12)19(2)3/h4-9,18H,10H2,1-3H3. The quantitative estimate of drug-likeness (QED) is 0.915. The summed E-state index contributed by atoms with van der Waals surface area (Å²) in [6, 6.07) is 7.24. The first kappa shape index (κ1) is 16.4. The third kappa shape index (κ3) is 3.61. The minimum absolute atomic E-state index is 0.0530. The van der Waals surface area contributed by atoms with Gasteiger partial charge in [-0.05, 0) is 30.7 Å². The van der Waals surface area contributed by atoms with Crippen LogP contribution in [0.15, 0.2) is 41.4 Å². The summed E-state index contributed by atoms with van der Waals surface area (Å²) in [6.45, 7) is 1.71. The molecule has 0 saturated carbocycles. The lowest BCUT2D eigenvalue weighted by Crippen LogP contribution is -2.25. The molecule has 0 atom stereocenters. The first-order chi connectivity index (χ1) is 10.3. The molecule has 1 aromatic heterocycles. The molecule has 0 aliphatic heterocycles. The summed E-state index contributed by atoms with van der Waals surface area (Å²) in [5.41, 5.74) is 1.23. The zero-order valence-corrected chi connectivity index (χ0v) is 13.5. The number of pyridine rings is 1. The summed E-state index contributed by atoms with van der Waals surface area (Å²) >= 11 is 0. The minimum atomic E-state index is -3.79. The van der Waals surface area contributed by atoms with E-state index in [0.29, 0.717) is 11.4 Å². The highest BCUT2D eigenvalue weighted by Crippen LogP contribution is 2.18. The summed E-state index contributed by atoms with van der Waals surface area (Å²) in [5.74, 6) is 0.0995. The predicted molar refractivity (Wildman–Crippen MR) is 83.7 cm³/mol. The highest BCUT2D eigenvalue weighted by atomic mass is 32.2. The van der Waals surface area contributed by atoms with Crippen molar-refractivity contribution in [3.8, 4) is 0 Å². The molecule has 1 aromatic carbocycles. The molecule has 0 spiro atoms. The second-order valence-electron chi connectivity index (χ2n) is 5.11. The summed E-state index contributed by atoms with van der Waals surface area (Å²) in [7, 11) is -0.130. The Morgan fingerprint density at radius 1 is 1.27 bits per heavy atom. The number of halogens is 1. The van der Waals surface area contributed by atoms with Crippen LogP contribution < -0.4 is 9.62 Å². The minimum Gasteiger partial charge on any atom is -0.362 e. The Balaban J connectivity index is 2.26. The molecule has 22 heavy (non-hydrogen) atoms. The molecule has 7 heteroatoms. The Hall–Kier alpha value is -1.99. The SMILES string of the molecule is Cc1ccc(F)cc1S(=O)(=O)NCc1cccnc1N(C)C. The second-order valence-corrected chi connectivity index (χ2v) is 6.85. The average Bonchev–Trinajstić information content (AvgIpc) is 2.48. The normalized spacial score (nSPS) is 11.5. The van der Waals surface area contributed by atoms with Crippen LogP contribution in [-0.2, 0) is 16.6 Å². The zero-order chi connectivity index (χ0) is 16.3. The van der Waals surface area contributed by atoms with Gasteiger partial charge in [-0.2, -0.15) is 0 Å². The van der Waals surface area contributed by atoms with Crippen molar-refractivity contribution < 1.29 is 12.8 Å². The van der Waals surface area contributed by atoms with Gasteiger partial charge in [0.25, 0.3) is 0 Å². The van der Waals surface area contributed by atoms with Gasteiger partial charge in [0, 0.05) is 32.4 Å². The van der Waals surface area contributed by atoms with Gasteiger partial charge < -0.3 is 4.90 Å². The highest BCUT2D eigenvalue weighted by molar-refractivity contribution is 7.89. The van der Waals surface area contributed by atoms with E-state index in [1.54, 1.807) is 30.2 Å². The molecule has 118 valence electrons. The molecule has 0 fully saturated rings. The van der Waals surface area contributed by atoms with Gasteiger partial charge in [-0.15, -0.1) is 0 Å². The third-order valence-corrected chi connectivity index (χ3v) is 4.73. The molecule has 0 unspecified atom stereocenters. The van der Waals surface area contributed by atoms with E-state index >= 15 is 0 Å². The fraction of sp³-hybridized carbons (Fsp3) is 0.267. The molecule has 0 radical (unpaired) electrons. The molecule has 0 saturated heterocycles. The van der Waals surface area contributed by atoms with Gasteiger partial charge >= 0.3 is 0 Å². The van der Waals surface area contributed by atoms with Crippen LogP contribution in [0, 0.1) is 12.7 Å².